The van der Waals surface area contributed by atoms with E-state index in [1.54, 1.807) is 24.3 Å². The summed E-state index contributed by atoms with van der Waals surface area (Å²) in [6, 6.07) is 7.26. The van der Waals surface area contributed by atoms with E-state index in [-0.39, 0.29) is 29.8 Å². The molecule has 0 bridgehead atoms. The molecule has 1 saturated heterocycles. The van der Waals surface area contributed by atoms with Gasteiger partial charge in [-0.2, -0.15) is 4.98 Å². The second-order valence-corrected chi connectivity index (χ2v) is 8.42. The van der Waals surface area contributed by atoms with Crippen molar-refractivity contribution in [2.24, 2.45) is 0 Å². The lowest BCUT2D eigenvalue weighted by Gasteiger charge is -2.34. The van der Waals surface area contributed by atoms with Crippen LogP contribution >= 0.6 is 0 Å². The second-order valence-electron chi connectivity index (χ2n) is 8.42. The molecular formula is C24H29N5O4. The number of aromatic amines is 1. The number of ether oxygens (including phenoxy) is 1. The monoisotopic (exact) mass is 451 g/mol. The minimum atomic E-state index is -0.934. The largest absolute Gasteiger partial charge is 0.494 e. The number of anilines is 3. The van der Waals surface area contributed by atoms with E-state index in [1.165, 1.54) is 0 Å². The fourth-order valence-electron chi connectivity index (χ4n) is 4.36. The van der Waals surface area contributed by atoms with Crippen LogP contribution in [-0.2, 0) is 14.3 Å². The molecular weight excluding hydrogens is 422 g/mol. The minimum absolute atomic E-state index is 0.123. The molecule has 33 heavy (non-hydrogen) atoms. The Labute approximate surface area is 192 Å². The molecule has 1 aromatic heterocycles. The van der Waals surface area contributed by atoms with Gasteiger partial charge in [0, 0.05) is 30.3 Å². The maximum Gasteiger partial charge on any atom is 0.258 e. The van der Waals surface area contributed by atoms with Crippen LogP contribution in [0.5, 0.6) is 0 Å². The van der Waals surface area contributed by atoms with Crippen LogP contribution in [0, 0.1) is 0 Å². The topological polar surface area (TPSA) is 116 Å². The van der Waals surface area contributed by atoms with Gasteiger partial charge in [-0.1, -0.05) is 6.58 Å². The molecule has 1 aromatic carbocycles. The van der Waals surface area contributed by atoms with Gasteiger partial charge in [0.1, 0.15) is 11.6 Å². The lowest BCUT2D eigenvalue weighted by molar-refractivity contribution is -0.123. The SMILES string of the molecule is C=C(OCC)c1ccc(NC(=O)[C@H]2CC(=O)Nc3nc(N4CCCC[C@H]4C)[nH]c(=O)c32)cc1. The number of amides is 2. The smallest absolute Gasteiger partial charge is 0.258 e. The van der Waals surface area contributed by atoms with Crippen LogP contribution in [-0.4, -0.2) is 41.0 Å². The van der Waals surface area contributed by atoms with Gasteiger partial charge in [-0.15, -0.1) is 0 Å². The van der Waals surface area contributed by atoms with Crippen LogP contribution in [0.4, 0.5) is 17.5 Å². The molecule has 2 amide bonds. The van der Waals surface area contributed by atoms with Crippen molar-refractivity contribution in [3.05, 3.63) is 52.3 Å². The third kappa shape index (κ3) is 4.76. The van der Waals surface area contributed by atoms with Crippen molar-refractivity contribution in [2.45, 2.75) is 51.5 Å². The maximum atomic E-state index is 13.1. The third-order valence-electron chi connectivity index (χ3n) is 6.12. The number of rotatable bonds is 6. The number of nitrogens with one attached hydrogen (secondary N) is 3. The first kappa shape index (κ1) is 22.6. The Kier molecular flexibility index (Phi) is 6.48. The highest BCUT2D eigenvalue weighted by molar-refractivity contribution is 6.04. The van der Waals surface area contributed by atoms with Gasteiger partial charge in [0.05, 0.1) is 18.1 Å². The van der Waals surface area contributed by atoms with Crippen molar-refractivity contribution >= 4 is 35.0 Å². The molecule has 2 aromatic rings. The molecule has 0 spiro atoms. The normalized spacial score (nSPS) is 19.9. The Morgan fingerprint density at radius 3 is 2.73 bits per heavy atom. The summed E-state index contributed by atoms with van der Waals surface area (Å²) in [6.07, 6.45) is 3.03. The summed E-state index contributed by atoms with van der Waals surface area (Å²) in [4.78, 5) is 47.8. The van der Waals surface area contributed by atoms with Gasteiger partial charge in [0.2, 0.25) is 17.8 Å². The zero-order valence-corrected chi connectivity index (χ0v) is 18.9. The maximum absolute atomic E-state index is 13.1. The molecule has 3 heterocycles. The molecule has 9 heteroatoms. The summed E-state index contributed by atoms with van der Waals surface area (Å²) in [5.74, 6) is -0.583. The van der Waals surface area contributed by atoms with Crippen LogP contribution < -0.4 is 21.1 Å². The second kappa shape index (κ2) is 9.48. The number of carbonyl (C=O) groups is 2. The summed E-state index contributed by atoms with van der Waals surface area (Å²) in [5, 5.41) is 5.48. The highest BCUT2D eigenvalue weighted by Gasteiger charge is 2.35. The van der Waals surface area contributed by atoms with E-state index in [2.05, 4.69) is 34.1 Å². The number of carbonyl (C=O) groups excluding carboxylic acids is 2. The van der Waals surface area contributed by atoms with Crippen molar-refractivity contribution in [1.29, 1.82) is 0 Å². The standard InChI is InChI=1S/C24H29N5O4/c1-4-33-15(3)16-8-10-17(11-9-16)25-22(31)18-13-19(30)26-21-20(18)23(32)28-24(27-21)29-12-6-5-7-14(29)2/h8-11,14,18H,3-7,12-13H2,1-2H3,(H,25,31)(H2,26,27,28,30,32)/t14-,18+/m1/s1. The molecule has 9 nitrogen and oxygen atoms in total. The Hall–Kier alpha value is -3.62. The lowest BCUT2D eigenvalue weighted by atomic mass is 9.92. The number of fused-ring (bicyclic) bond motifs is 1. The number of nitrogens with zero attached hydrogens (tertiary/aromatic N) is 2. The third-order valence-corrected chi connectivity index (χ3v) is 6.12. The van der Waals surface area contributed by atoms with Gasteiger partial charge in [0.25, 0.3) is 5.56 Å². The number of hydrogen-bond donors (Lipinski definition) is 3. The number of H-pyrrole nitrogens is 1. The summed E-state index contributed by atoms with van der Waals surface area (Å²) in [5.41, 5.74) is 1.12. The molecule has 2 atom stereocenters. The molecule has 3 N–H and O–H groups in total. The van der Waals surface area contributed by atoms with Crippen LogP contribution in [0.3, 0.4) is 0 Å². The predicted octanol–water partition coefficient (Wildman–Crippen LogP) is 3.22. The summed E-state index contributed by atoms with van der Waals surface area (Å²) in [7, 11) is 0. The minimum Gasteiger partial charge on any atom is -0.494 e. The summed E-state index contributed by atoms with van der Waals surface area (Å²) in [6.45, 7) is 9.13. The van der Waals surface area contributed by atoms with Crippen molar-refractivity contribution in [3.63, 3.8) is 0 Å². The van der Waals surface area contributed by atoms with Gasteiger partial charge >= 0.3 is 0 Å². The Morgan fingerprint density at radius 2 is 2.03 bits per heavy atom. The summed E-state index contributed by atoms with van der Waals surface area (Å²) < 4.78 is 5.39. The summed E-state index contributed by atoms with van der Waals surface area (Å²) >= 11 is 0. The Morgan fingerprint density at radius 1 is 1.27 bits per heavy atom. The van der Waals surface area contributed by atoms with Crippen LogP contribution in [0.15, 0.2) is 35.6 Å². The van der Waals surface area contributed by atoms with E-state index in [9.17, 15) is 14.4 Å². The average molecular weight is 452 g/mol. The van der Waals surface area contributed by atoms with Crippen molar-refractivity contribution in [1.82, 2.24) is 9.97 Å². The van der Waals surface area contributed by atoms with E-state index in [1.807, 2.05) is 11.8 Å². The number of aromatic nitrogens is 2. The number of benzene rings is 1. The first-order chi connectivity index (χ1) is 15.9. The Balaban J connectivity index is 1.57. The van der Waals surface area contributed by atoms with Gasteiger partial charge in [-0.3, -0.25) is 19.4 Å². The van der Waals surface area contributed by atoms with Crippen LogP contribution in [0.1, 0.15) is 56.6 Å². The van der Waals surface area contributed by atoms with Crippen molar-refractivity contribution in [3.8, 4) is 0 Å². The molecule has 0 aliphatic carbocycles. The molecule has 174 valence electrons. The first-order valence-electron chi connectivity index (χ1n) is 11.3. The highest BCUT2D eigenvalue weighted by atomic mass is 16.5. The van der Waals surface area contributed by atoms with Crippen LogP contribution in [0.25, 0.3) is 5.76 Å². The van der Waals surface area contributed by atoms with E-state index >= 15 is 0 Å². The molecule has 0 saturated carbocycles. The van der Waals surface area contributed by atoms with Gasteiger partial charge in [-0.25, -0.2) is 0 Å². The first-order valence-corrected chi connectivity index (χ1v) is 11.3. The molecule has 1 fully saturated rings. The Bertz CT molecular complexity index is 1120. The number of hydrogen-bond acceptors (Lipinski definition) is 6. The molecule has 0 unspecified atom stereocenters. The van der Waals surface area contributed by atoms with Gasteiger partial charge in [0.15, 0.2) is 0 Å². The van der Waals surface area contributed by atoms with Crippen molar-refractivity contribution < 1.29 is 14.3 Å². The zero-order valence-electron chi connectivity index (χ0n) is 18.9. The average Bonchev–Trinajstić information content (AvgIpc) is 2.79. The zero-order chi connectivity index (χ0) is 23.5. The van der Waals surface area contributed by atoms with Gasteiger partial charge < -0.3 is 20.3 Å². The quantitative estimate of drug-likeness (QED) is 0.581. The molecule has 2 aliphatic heterocycles. The molecule has 2 aliphatic rings. The van der Waals surface area contributed by atoms with Crippen LogP contribution in [0.2, 0.25) is 0 Å². The fourth-order valence-corrected chi connectivity index (χ4v) is 4.36. The predicted molar refractivity (Wildman–Crippen MR) is 127 cm³/mol. The number of piperidine rings is 1. The van der Waals surface area contributed by atoms with E-state index in [4.69, 9.17) is 4.74 Å². The van der Waals surface area contributed by atoms with Crippen molar-refractivity contribution in [2.75, 3.05) is 28.7 Å². The lowest BCUT2D eigenvalue weighted by Crippen LogP contribution is -2.41. The van der Waals surface area contributed by atoms with E-state index in [0.29, 0.717) is 24.0 Å². The molecule has 4 rings (SSSR count). The fraction of sp³-hybridized carbons (Fsp3) is 0.417. The van der Waals surface area contributed by atoms with Gasteiger partial charge in [-0.05, 0) is 57.4 Å². The highest BCUT2D eigenvalue weighted by Crippen LogP contribution is 2.31. The van der Waals surface area contributed by atoms with E-state index in [0.717, 1.165) is 31.4 Å². The van der Waals surface area contributed by atoms with E-state index < -0.39 is 17.4 Å². The molecule has 0 radical (unpaired) electrons.